The van der Waals surface area contributed by atoms with Crippen molar-refractivity contribution in [2.24, 2.45) is 11.8 Å². The Balaban J connectivity index is 1.31. The van der Waals surface area contributed by atoms with E-state index in [1.54, 1.807) is 48.5 Å². The van der Waals surface area contributed by atoms with Crippen LogP contribution in [0.4, 0.5) is 11.4 Å². The van der Waals surface area contributed by atoms with Crippen molar-refractivity contribution in [3.8, 4) is 0 Å². The van der Waals surface area contributed by atoms with Gasteiger partial charge in [0.25, 0.3) is 11.8 Å². The summed E-state index contributed by atoms with van der Waals surface area (Å²) in [4.78, 5) is 61.2. The van der Waals surface area contributed by atoms with Crippen molar-refractivity contribution >= 4 is 80.9 Å². The van der Waals surface area contributed by atoms with Crippen molar-refractivity contribution < 1.29 is 19.2 Å². The third-order valence-electron chi connectivity index (χ3n) is 8.53. The molecule has 4 aromatic rings. The molecular formula is C30H20Cl2N4O4S2. The Kier molecular flexibility index (Phi) is 5.98. The van der Waals surface area contributed by atoms with Gasteiger partial charge >= 0.3 is 0 Å². The van der Waals surface area contributed by atoms with Gasteiger partial charge in [0.1, 0.15) is 12.1 Å². The number of hydrogen-bond acceptors (Lipinski definition) is 8. The molecule has 2 aromatic carbocycles. The Bertz CT molecular complexity index is 1650. The number of anilines is 2. The van der Waals surface area contributed by atoms with Crippen LogP contribution < -0.4 is 9.80 Å². The highest BCUT2D eigenvalue weighted by molar-refractivity contribution is 7.10. The van der Waals surface area contributed by atoms with Crippen LogP contribution in [0.3, 0.4) is 0 Å². The number of hydrogen-bond donors (Lipinski definition) is 0. The summed E-state index contributed by atoms with van der Waals surface area (Å²) in [5, 5.41) is 8.37. The fourth-order valence-electron chi connectivity index (χ4n) is 7.05. The first kappa shape index (κ1) is 26.3. The molecule has 8 nitrogen and oxygen atoms in total. The SMILES string of the molecule is O=C1[C@@H]2[C@@H](C(=O)N1c1cccc(Cl)c1)N1[C@@H](c3cccs3)[C@@H]3C(=O)N(c4cccc(Cl)c4)C(=O)[C@@H]3N1[C@@H]2c1cccs1. The molecule has 6 heterocycles. The zero-order chi connectivity index (χ0) is 28.9. The number of fused-ring (bicyclic) bond motifs is 5. The van der Waals surface area contributed by atoms with Gasteiger partial charge in [-0.15, -0.1) is 22.7 Å². The van der Waals surface area contributed by atoms with Gasteiger partial charge in [0.2, 0.25) is 11.8 Å². The second kappa shape index (κ2) is 9.57. The normalized spacial score (nSPS) is 29.1. The summed E-state index contributed by atoms with van der Waals surface area (Å²) >= 11 is 15.4. The van der Waals surface area contributed by atoms with Crippen LogP contribution in [0.15, 0.2) is 83.6 Å². The largest absolute Gasteiger partial charge is 0.274 e. The summed E-state index contributed by atoms with van der Waals surface area (Å²) in [6.45, 7) is 0. The van der Waals surface area contributed by atoms with Crippen molar-refractivity contribution in [1.29, 1.82) is 0 Å². The third-order valence-corrected chi connectivity index (χ3v) is 10.9. The van der Waals surface area contributed by atoms with Gasteiger partial charge in [-0.3, -0.25) is 19.2 Å². The van der Waals surface area contributed by atoms with Gasteiger partial charge in [0.05, 0.1) is 35.3 Å². The van der Waals surface area contributed by atoms with Crippen LogP contribution in [0.5, 0.6) is 0 Å². The first-order valence-electron chi connectivity index (χ1n) is 13.3. The summed E-state index contributed by atoms with van der Waals surface area (Å²) < 4.78 is 0. The van der Waals surface area contributed by atoms with Crippen LogP contribution in [-0.2, 0) is 19.2 Å². The van der Waals surface area contributed by atoms with Crippen LogP contribution in [0, 0.1) is 11.8 Å². The Morgan fingerprint density at radius 1 is 0.524 bits per heavy atom. The number of halogens is 2. The number of amides is 4. The monoisotopic (exact) mass is 634 g/mol. The van der Waals surface area contributed by atoms with Crippen molar-refractivity contribution in [2.45, 2.75) is 24.2 Å². The molecule has 6 atom stereocenters. The van der Waals surface area contributed by atoms with E-state index in [1.165, 1.54) is 32.5 Å². The van der Waals surface area contributed by atoms with E-state index in [0.717, 1.165) is 9.75 Å². The van der Waals surface area contributed by atoms with Gasteiger partial charge in [-0.2, -0.15) is 0 Å². The number of carbonyl (C=O) groups is 4. The standard InChI is InChI=1S/C30H20Cl2N4O4S2/c31-15-5-1-7-17(13-15)33-27(37)21-23(19-9-3-11-41-19)36-26-22(24(20-10-4-12-42-20)35(36)25(21)29(33)39)28(38)34(30(26)40)18-8-2-6-16(32)14-18/h1-14,21-26H/t21-,22-,23-,24+,25+,26-/m0/s1. The zero-order valence-corrected chi connectivity index (χ0v) is 24.7. The predicted octanol–water partition coefficient (Wildman–Crippen LogP) is 5.56. The summed E-state index contributed by atoms with van der Waals surface area (Å²) in [5.41, 5.74) is 0.796. The fraction of sp³-hybridized carbons (Fsp3) is 0.200. The van der Waals surface area contributed by atoms with Gasteiger partial charge in [-0.25, -0.2) is 19.8 Å². The third kappa shape index (κ3) is 3.54. The minimum atomic E-state index is -0.901. The molecule has 4 amide bonds. The number of carbonyl (C=O) groups excluding carboxylic acids is 4. The van der Waals surface area contributed by atoms with Crippen molar-refractivity contribution in [3.05, 3.63) is 103 Å². The number of thiophene rings is 2. The first-order chi connectivity index (χ1) is 20.4. The summed E-state index contributed by atoms with van der Waals surface area (Å²) in [7, 11) is 0. The Labute approximate surface area is 258 Å². The van der Waals surface area contributed by atoms with Crippen LogP contribution in [0.25, 0.3) is 0 Å². The lowest BCUT2D eigenvalue weighted by molar-refractivity contribution is -0.135. The maximum Gasteiger partial charge on any atom is 0.253 e. The second-order valence-corrected chi connectivity index (χ2v) is 13.4. The van der Waals surface area contributed by atoms with E-state index in [-0.39, 0.29) is 11.8 Å². The molecule has 12 heteroatoms. The molecule has 8 rings (SSSR count). The molecule has 4 aliphatic rings. The van der Waals surface area contributed by atoms with Gasteiger partial charge < -0.3 is 0 Å². The molecule has 0 spiro atoms. The average molecular weight is 636 g/mol. The molecule has 4 saturated heterocycles. The zero-order valence-electron chi connectivity index (χ0n) is 21.5. The van der Waals surface area contributed by atoms with Gasteiger partial charge in [-0.05, 0) is 59.3 Å². The highest BCUT2D eigenvalue weighted by Crippen LogP contribution is 2.60. The van der Waals surface area contributed by atoms with E-state index in [9.17, 15) is 19.2 Å². The maximum absolute atomic E-state index is 14.3. The topological polar surface area (TPSA) is 81.2 Å². The smallest absolute Gasteiger partial charge is 0.253 e. The number of nitrogens with zero attached hydrogens (tertiary/aromatic N) is 4. The minimum Gasteiger partial charge on any atom is -0.274 e. The predicted molar refractivity (Wildman–Crippen MR) is 160 cm³/mol. The second-order valence-electron chi connectivity index (χ2n) is 10.6. The fourth-order valence-corrected chi connectivity index (χ4v) is 9.15. The summed E-state index contributed by atoms with van der Waals surface area (Å²) in [6.07, 6.45) is 0. The minimum absolute atomic E-state index is 0.356. The van der Waals surface area contributed by atoms with E-state index < -0.39 is 47.8 Å². The molecule has 0 radical (unpaired) electrons. The molecule has 0 saturated carbocycles. The quantitative estimate of drug-likeness (QED) is 0.273. The lowest BCUT2D eigenvalue weighted by Crippen LogP contribution is -2.50. The van der Waals surface area contributed by atoms with Crippen molar-refractivity contribution in [3.63, 3.8) is 0 Å². The Morgan fingerprint density at radius 3 is 1.31 bits per heavy atom. The average Bonchev–Trinajstić information content (AvgIpc) is 3.79. The van der Waals surface area contributed by atoms with Gasteiger partial charge in [0, 0.05) is 19.8 Å². The number of hydrazine groups is 1. The van der Waals surface area contributed by atoms with Gasteiger partial charge in [-0.1, -0.05) is 47.5 Å². The summed E-state index contributed by atoms with van der Waals surface area (Å²) in [5.74, 6) is -3.09. The van der Waals surface area contributed by atoms with E-state index in [4.69, 9.17) is 23.2 Å². The Hall–Kier alpha value is -3.38. The molecular weight excluding hydrogens is 615 g/mol. The number of imide groups is 2. The molecule has 2 aromatic heterocycles. The summed E-state index contributed by atoms with van der Waals surface area (Å²) in [6, 6.07) is 17.9. The van der Waals surface area contributed by atoms with Crippen LogP contribution in [0.1, 0.15) is 21.8 Å². The van der Waals surface area contributed by atoms with Gasteiger partial charge in [0.15, 0.2) is 0 Å². The van der Waals surface area contributed by atoms with E-state index in [0.29, 0.717) is 21.4 Å². The first-order valence-corrected chi connectivity index (χ1v) is 15.8. The highest BCUT2D eigenvalue weighted by atomic mass is 35.5. The van der Waals surface area contributed by atoms with Crippen molar-refractivity contribution in [2.75, 3.05) is 9.80 Å². The number of benzene rings is 2. The van der Waals surface area contributed by atoms with E-state index in [1.807, 2.05) is 45.0 Å². The number of rotatable bonds is 4. The molecule has 0 N–H and O–H groups in total. The molecule has 4 fully saturated rings. The van der Waals surface area contributed by atoms with Crippen LogP contribution in [-0.4, -0.2) is 45.7 Å². The Morgan fingerprint density at radius 2 is 0.952 bits per heavy atom. The molecule has 42 heavy (non-hydrogen) atoms. The highest BCUT2D eigenvalue weighted by Gasteiger charge is 2.74. The molecule has 0 aliphatic carbocycles. The van der Waals surface area contributed by atoms with E-state index >= 15 is 0 Å². The van der Waals surface area contributed by atoms with Crippen molar-refractivity contribution in [1.82, 2.24) is 10.0 Å². The maximum atomic E-state index is 14.3. The molecule has 210 valence electrons. The molecule has 4 aliphatic heterocycles. The lowest BCUT2D eigenvalue weighted by Gasteiger charge is -2.35. The lowest BCUT2D eigenvalue weighted by atomic mass is 9.88. The van der Waals surface area contributed by atoms with Crippen LogP contribution in [0.2, 0.25) is 10.0 Å². The molecule has 0 bridgehead atoms. The van der Waals surface area contributed by atoms with Crippen LogP contribution >= 0.6 is 45.9 Å². The molecule has 0 unspecified atom stereocenters. The van der Waals surface area contributed by atoms with E-state index in [2.05, 4.69) is 0 Å².